The first-order valence-electron chi connectivity index (χ1n) is 8.69. The summed E-state index contributed by atoms with van der Waals surface area (Å²) < 4.78 is 12.3. The molecule has 0 aliphatic rings. The Balaban J connectivity index is 1.69. The molecule has 0 aliphatic heterocycles. The summed E-state index contributed by atoms with van der Waals surface area (Å²) in [5.74, 6) is 1.11. The van der Waals surface area contributed by atoms with Crippen molar-refractivity contribution in [2.24, 2.45) is 0 Å². The number of nitrogens with zero attached hydrogens (tertiary/aromatic N) is 2. The van der Waals surface area contributed by atoms with Gasteiger partial charge in [-0.05, 0) is 30.7 Å². The Labute approximate surface area is 157 Å². The highest BCUT2D eigenvalue weighted by Crippen LogP contribution is 2.28. The van der Waals surface area contributed by atoms with E-state index in [0.29, 0.717) is 16.9 Å². The molecule has 1 atom stereocenters. The number of allylic oxidation sites excluding steroid dienone is 1. The summed E-state index contributed by atoms with van der Waals surface area (Å²) in [6, 6.07) is 12.8. The van der Waals surface area contributed by atoms with Crippen LogP contribution in [-0.4, -0.2) is 34.7 Å². The molecule has 6 nitrogen and oxygen atoms in total. The van der Waals surface area contributed by atoms with Crippen molar-refractivity contribution in [3.63, 3.8) is 0 Å². The number of hydrogen-bond acceptors (Lipinski definition) is 5. The van der Waals surface area contributed by atoms with Crippen LogP contribution in [0, 0.1) is 0 Å². The van der Waals surface area contributed by atoms with Gasteiger partial charge in [0.1, 0.15) is 12.7 Å². The fourth-order valence-electron chi connectivity index (χ4n) is 2.80. The lowest BCUT2D eigenvalue weighted by Crippen LogP contribution is -2.31. The minimum absolute atomic E-state index is 0.0142. The van der Waals surface area contributed by atoms with Gasteiger partial charge < -0.3 is 14.6 Å². The fraction of sp³-hybridized carbons (Fsp3) is 0.238. The predicted molar refractivity (Wildman–Crippen MR) is 105 cm³/mol. The van der Waals surface area contributed by atoms with Gasteiger partial charge in [-0.15, -0.1) is 0 Å². The van der Waals surface area contributed by atoms with E-state index in [9.17, 15) is 9.90 Å². The van der Waals surface area contributed by atoms with E-state index in [2.05, 4.69) is 5.10 Å². The molecular weight excluding hydrogens is 344 g/mol. The van der Waals surface area contributed by atoms with Gasteiger partial charge in [-0.1, -0.05) is 36.4 Å². The smallest absolute Gasteiger partial charge is 0.274 e. The Morgan fingerprint density at radius 3 is 2.81 bits per heavy atom. The third-order valence-electron chi connectivity index (χ3n) is 4.12. The number of fused-ring (bicyclic) bond motifs is 1. The number of aliphatic hydroxyl groups is 1. The Morgan fingerprint density at radius 1 is 1.22 bits per heavy atom. The largest absolute Gasteiger partial charge is 0.493 e. The summed E-state index contributed by atoms with van der Waals surface area (Å²) in [6.07, 6.45) is 4.62. The molecule has 1 heterocycles. The van der Waals surface area contributed by atoms with Crippen LogP contribution in [0.25, 0.3) is 16.8 Å². The zero-order chi connectivity index (χ0) is 19.2. The van der Waals surface area contributed by atoms with Gasteiger partial charge >= 0.3 is 0 Å². The predicted octanol–water partition coefficient (Wildman–Crippen LogP) is 2.88. The second-order valence-corrected chi connectivity index (χ2v) is 6.09. The van der Waals surface area contributed by atoms with Crippen LogP contribution in [0.5, 0.6) is 11.5 Å². The SMILES string of the molecule is C/C=C/c1ccc(OCC(O)Cn2ncc3ccccc3c2=O)c(OC)c1. The zero-order valence-corrected chi connectivity index (χ0v) is 15.3. The third kappa shape index (κ3) is 4.35. The summed E-state index contributed by atoms with van der Waals surface area (Å²) >= 11 is 0. The summed E-state index contributed by atoms with van der Waals surface area (Å²) in [7, 11) is 1.57. The quantitative estimate of drug-likeness (QED) is 0.696. The zero-order valence-electron chi connectivity index (χ0n) is 15.3. The van der Waals surface area contributed by atoms with Crippen LogP contribution < -0.4 is 15.0 Å². The number of methoxy groups -OCH3 is 1. The van der Waals surface area contributed by atoms with E-state index in [-0.39, 0.29) is 18.7 Å². The molecule has 1 aromatic heterocycles. The van der Waals surface area contributed by atoms with Gasteiger partial charge in [-0.2, -0.15) is 5.10 Å². The highest BCUT2D eigenvalue weighted by atomic mass is 16.5. The molecule has 140 valence electrons. The van der Waals surface area contributed by atoms with Crippen molar-refractivity contribution in [1.29, 1.82) is 0 Å². The molecule has 0 aliphatic carbocycles. The second-order valence-electron chi connectivity index (χ2n) is 6.09. The molecule has 0 spiro atoms. The van der Waals surface area contributed by atoms with Crippen LogP contribution in [0.2, 0.25) is 0 Å². The molecule has 0 fully saturated rings. The van der Waals surface area contributed by atoms with Gasteiger partial charge in [0, 0.05) is 5.39 Å². The molecule has 0 bridgehead atoms. The van der Waals surface area contributed by atoms with Crippen molar-refractivity contribution < 1.29 is 14.6 Å². The number of aliphatic hydroxyl groups excluding tert-OH is 1. The minimum atomic E-state index is -0.892. The van der Waals surface area contributed by atoms with E-state index in [1.807, 2.05) is 43.3 Å². The van der Waals surface area contributed by atoms with Gasteiger partial charge in [-0.25, -0.2) is 4.68 Å². The monoisotopic (exact) mass is 366 g/mol. The molecule has 3 rings (SSSR count). The van der Waals surface area contributed by atoms with Crippen molar-refractivity contribution in [2.45, 2.75) is 19.6 Å². The fourth-order valence-corrected chi connectivity index (χ4v) is 2.80. The van der Waals surface area contributed by atoms with E-state index < -0.39 is 6.10 Å². The molecule has 2 aromatic carbocycles. The lowest BCUT2D eigenvalue weighted by Gasteiger charge is -2.15. The summed E-state index contributed by atoms with van der Waals surface area (Å²) in [4.78, 5) is 12.5. The minimum Gasteiger partial charge on any atom is -0.493 e. The van der Waals surface area contributed by atoms with E-state index in [1.165, 1.54) is 4.68 Å². The molecule has 0 saturated heterocycles. The Hall–Kier alpha value is -3.12. The molecule has 0 radical (unpaired) electrons. The average molecular weight is 366 g/mol. The molecule has 1 unspecified atom stereocenters. The van der Waals surface area contributed by atoms with Gasteiger partial charge in [-0.3, -0.25) is 4.79 Å². The van der Waals surface area contributed by atoms with Crippen LogP contribution in [0.1, 0.15) is 12.5 Å². The van der Waals surface area contributed by atoms with E-state index in [4.69, 9.17) is 9.47 Å². The van der Waals surface area contributed by atoms with E-state index >= 15 is 0 Å². The summed E-state index contributed by atoms with van der Waals surface area (Å²) in [5, 5.41) is 15.8. The summed E-state index contributed by atoms with van der Waals surface area (Å²) in [6.45, 7) is 2.00. The van der Waals surface area contributed by atoms with Crippen molar-refractivity contribution >= 4 is 16.8 Å². The number of aromatic nitrogens is 2. The normalized spacial score (nSPS) is 12.4. The van der Waals surface area contributed by atoms with Gasteiger partial charge in [0.2, 0.25) is 0 Å². The Morgan fingerprint density at radius 2 is 2.04 bits per heavy atom. The highest BCUT2D eigenvalue weighted by Gasteiger charge is 2.12. The number of rotatable bonds is 7. The number of hydrogen-bond donors (Lipinski definition) is 1. The van der Waals surface area contributed by atoms with Crippen LogP contribution in [0.3, 0.4) is 0 Å². The highest BCUT2D eigenvalue weighted by molar-refractivity contribution is 5.80. The third-order valence-corrected chi connectivity index (χ3v) is 4.12. The molecule has 0 amide bonds. The van der Waals surface area contributed by atoms with Gasteiger partial charge in [0.25, 0.3) is 5.56 Å². The first kappa shape index (κ1) is 18.7. The lowest BCUT2D eigenvalue weighted by atomic mass is 10.2. The molecule has 6 heteroatoms. The van der Waals surface area contributed by atoms with Crippen LogP contribution in [0.15, 0.2) is 59.5 Å². The first-order chi connectivity index (χ1) is 13.1. The van der Waals surface area contributed by atoms with Gasteiger partial charge in [0.15, 0.2) is 11.5 Å². The maximum atomic E-state index is 12.5. The topological polar surface area (TPSA) is 73.6 Å². The Bertz CT molecular complexity index is 1010. The number of benzene rings is 2. The maximum Gasteiger partial charge on any atom is 0.274 e. The molecule has 0 saturated carbocycles. The van der Waals surface area contributed by atoms with Crippen LogP contribution in [0.4, 0.5) is 0 Å². The van der Waals surface area contributed by atoms with Crippen LogP contribution >= 0.6 is 0 Å². The van der Waals surface area contributed by atoms with E-state index in [1.54, 1.807) is 31.5 Å². The van der Waals surface area contributed by atoms with Gasteiger partial charge in [0.05, 0.1) is 25.2 Å². The first-order valence-corrected chi connectivity index (χ1v) is 8.69. The molecule has 1 N–H and O–H groups in total. The Kier molecular flexibility index (Phi) is 5.88. The molecule has 3 aromatic rings. The lowest BCUT2D eigenvalue weighted by molar-refractivity contribution is 0.0867. The average Bonchev–Trinajstić information content (AvgIpc) is 2.69. The van der Waals surface area contributed by atoms with Crippen molar-refractivity contribution in [1.82, 2.24) is 9.78 Å². The van der Waals surface area contributed by atoms with E-state index in [0.717, 1.165) is 10.9 Å². The van der Waals surface area contributed by atoms with Crippen molar-refractivity contribution in [3.05, 3.63) is 70.7 Å². The standard InChI is InChI=1S/C21H22N2O4/c1-3-6-15-9-10-19(20(11-15)26-2)27-14-17(24)13-23-21(25)18-8-5-4-7-16(18)12-22-23/h3-12,17,24H,13-14H2,1-2H3/b6-3+. The van der Waals surface area contributed by atoms with Crippen molar-refractivity contribution in [3.8, 4) is 11.5 Å². The molecule has 27 heavy (non-hydrogen) atoms. The number of ether oxygens (including phenoxy) is 2. The van der Waals surface area contributed by atoms with Crippen LogP contribution in [-0.2, 0) is 6.54 Å². The second kappa shape index (κ2) is 8.51. The maximum absolute atomic E-state index is 12.5. The summed E-state index contributed by atoms with van der Waals surface area (Å²) in [5.41, 5.74) is 0.759. The van der Waals surface area contributed by atoms with Crippen molar-refractivity contribution in [2.75, 3.05) is 13.7 Å². The molecular formula is C21H22N2O4.